The van der Waals surface area contributed by atoms with E-state index in [1.165, 1.54) is 19.3 Å². The Morgan fingerprint density at radius 3 is 1.88 bits per heavy atom. The van der Waals surface area contributed by atoms with Crippen LogP contribution in [-0.4, -0.2) is 36.1 Å². The highest BCUT2D eigenvalue weighted by molar-refractivity contribution is 4.81. The maximum absolute atomic E-state index is 10.5. The lowest BCUT2D eigenvalue weighted by Crippen LogP contribution is -2.43. The fraction of sp³-hybridized carbons (Fsp3) is 1.00. The van der Waals surface area contributed by atoms with E-state index in [0.717, 1.165) is 12.8 Å². The molecule has 5 heteroatoms. The Labute approximate surface area is 103 Å². The second-order valence-corrected chi connectivity index (χ2v) is 5.15. The van der Waals surface area contributed by atoms with Gasteiger partial charge in [0, 0.05) is 19.1 Å². The van der Waals surface area contributed by atoms with Gasteiger partial charge in [-0.1, -0.05) is 29.6 Å². The third kappa shape index (κ3) is 4.89. The Morgan fingerprint density at radius 1 is 1.00 bits per heavy atom. The van der Waals surface area contributed by atoms with E-state index < -0.39 is 0 Å². The van der Waals surface area contributed by atoms with E-state index in [1.54, 1.807) is 0 Å². The Kier molecular flexibility index (Phi) is 6.26. The quantitative estimate of drug-likeness (QED) is 0.644. The van der Waals surface area contributed by atoms with Gasteiger partial charge >= 0.3 is 0 Å². The third-order valence-corrected chi connectivity index (χ3v) is 3.45. The van der Waals surface area contributed by atoms with E-state index in [0.29, 0.717) is 19.1 Å². The van der Waals surface area contributed by atoms with E-state index in [1.807, 2.05) is 13.8 Å². The van der Waals surface area contributed by atoms with Crippen LogP contribution in [0.1, 0.15) is 46.0 Å². The summed E-state index contributed by atoms with van der Waals surface area (Å²) in [6, 6.07) is 0.0729. The topological polar surface area (TPSA) is 62.1 Å². The highest BCUT2D eigenvalue weighted by Crippen LogP contribution is 2.23. The van der Waals surface area contributed by atoms with Gasteiger partial charge in [0.15, 0.2) is 0 Å². The minimum atomic E-state index is -0.212. The van der Waals surface area contributed by atoms with Crippen LogP contribution in [0.15, 0.2) is 10.4 Å². The average molecular weight is 241 g/mol. The number of nitroso groups, excluding NO2 is 2. The van der Waals surface area contributed by atoms with Gasteiger partial charge in [0.2, 0.25) is 0 Å². The zero-order chi connectivity index (χ0) is 12.7. The van der Waals surface area contributed by atoms with Gasteiger partial charge in [0.25, 0.3) is 0 Å². The minimum Gasteiger partial charge on any atom is -0.296 e. The molecule has 1 fully saturated rings. The summed E-state index contributed by atoms with van der Waals surface area (Å²) in [5.74, 6) is 0. The van der Waals surface area contributed by atoms with Crippen LogP contribution < -0.4 is 0 Å². The first kappa shape index (κ1) is 14.2. The lowest BCUT2D eigenvalue weighted by molar-refractivity contribution is 0.143. The molecule has 5 nitrogen and oxygen atoms in total. The molecule has 0 heterocycles. The van der Waals surface area contributed by atoms with Crippen LogP contribution in [0.5, 0.6) is 0 Å². The molecule has 0 amide bonds. The molecule has 0 aliphatic heterocycles. The molecule has 0 saturated heterocycles. The smallest absolute Gasteiger partial charge is 0.102 e. The van der Waals surface area contributed by atoms with Crippen LogP contribution in [-0.2, 0) is 0 Å². The molecule has 0 aromatic heterocycles. The molecule has 0 bridgehead atoms. The average Bonchev–Trinajstić information content (AvgIpc) is 2.38. The van der Waals surface area contributed by atoms with Crippen LogP contribution >= 0.6 is 0 Å². The molecule has 1 saturated carbocycles. The zero-order valence-electron chi connectivity index (χ0n) is 10.8. The highest BCUT2D eigenvalue weighted by Gasteiger charge is 2.24. The predicted molar refractivity (Wildman–Crippen MR) is 69.0 cm³/mol. The monoisotopic (exact) mass is 241 g/mol. The summed E-state index contributed by atoms with van der Waals surface area (Å²) >= 11 is 0. The second kappa shape index (κ2) is 7.48. The van der Waals surface area contributed by atoms with Crippen molar-refractivity contribution in [2.45, 2.75) is 64.1 Å². The van der Waals surface area contributed by atoms with Crippen molar-refractivity contribution in [1.82, 2.24) is 4.90 Å². The normalized spacial score (nSPS) is 21.1. The first-order valence-electron chi connectivity index (χ1n) is 6.56. The lowest BCUT2D eigenvalue weighted by Gasteiger charge is -2.35. The summed E-state index contributed by atoms with van der Waals surface area (Å²) in [6.45, 7) is 4.94. The van der Waals surface area contributed by atoms with Crippen LogP contribution in [0.4, 0.5) is 0 Å². The molecular formula is C12H23N3O2. The van der Waals surface area contributed by atoms with E-state index >= 15 is 0 Å². The van der Waals surface area contributed by atoms with Crippen molar-refractivity contribution >= 4 is 0 Å². The summed E-state index contributed by atoms with van der Waals surface area (Å²) in [5, 5.41) is 6.11. The second-order valence-electron chi connectivity index (χ2n) is 5.15. The van der Waals surface area contributed by atoms with Crippen molar-refractivity contribution in [1.29, 1.82) is 0 Å². The van der Waals surface area contributed by atoms with Crippen molar-refractivity contribution in [3.8, 4) is 0 Å². The van der Waals surface area contributed by atoms with Gasteiger partial charge in [0.1, 0.15) is 12.1 Å². The van der Waals surface area contributed by atoms with Gasteiger partial charge in [0.05, 0.1) is 0 Å². The predicted octanol–water partition coefficient (Wildman–Crippen LogP) is 2.93. The SMILES string of the molecule is CC(CN(CC(C)N=O)C1CCCCC1)N=O. The summed E-state index contributed by atoms with van der Waals surface area (Å²) in [7, 11) is 0. The Balaban J connectivity index is 2.55. The Bertz CT molecular complexity index is 226. The van der Waals surface area contributed by atoms with Crippen LogP contribution in [0, 0.1) is 9.81 Å². The fourth-order valence-electron chi connectivity index (χ4n) is 2.56. The molecule has 1 rings (SSSR count). The van der Waals surface area contributed by atoms with Crippen LogP contribution in [0.25, 0.3) is 0 Å². The highest BCUT2D eigenvalue weighted by atomic mass is 16.3. The number of rotatable bonds is 7. The van der Waals surface area contributed by atoms with Crippen molar-refractivity contribution in [3.63, 3.8) is 0 Å². The van der Waals surface area contributed by atoms with E-state index in [4.69, 9.17) is 0 Å². The molecule has 2 atom stereocenters. The van der Waals surface area contributed by atoms with Gasteiger partial charge in [-0.15, -0.1) is 0 Å². The molecule has 0 aromatic carbocycles. The fourth-order valence-corrected chi connectivity index (χ4v) is 2.56. The minimum absolute atomic E-state index is 0.212. The Morgan fingerprint density at radius 2 is 1.47 bits per heavy atom. The van der Waals surface area contributed by atoms with Gasteiger partial charge in [-0.05, 0) is 26.7 Å². The molecule has 0 spiro atoms. The van der Waals surface area contributed by atoms with Crippen LogP contribution in [0.3, 0.4) is 0 Å². The van der Waals surface area contributed by atoms with E-state index in [-0.39, 0.29) is 12.1 Å². The summed E-state index contributed by atoms with van der Waals surface area (Å²) < 4.78 is 0. The van der Waals surface area contributed by atoms with E-state index in [2.05, 4.69) is 15.3 Å². The van der Waals surface area contributed by atoms with Crippen molar-refractivity contribution in [3.05, 3.63) is 9.81 Å². The number of hydrogen-bond acceptors (Lipinski definition) is 5. The van der Waals surface area contributed by atoms with Crippen molar-refractivity contribution in [2.75, 3.05) is 13.1 Å². The van der Waals surface area contributed by atoms with E-state index in [9.17, 15) is 9.81 Å². The Hall–Kier alpha value is -0.840. The van der Waals surface area contributed by atoms with Gasteiger partial charge in [-0.25, -0.2) is 0 Å². The molecule has 0 aromatic rings. The van der Waals surface area contributed by atoms with Gasteiger partial charge < -0.3 is 0 Å². The largest absolute Gasteiger partial charge is 0.296 e. The van der Waals surface area contributed by atoms with Gasteiger partial charge in [-0.3, -0.25) is 4.90 Å². The summed E-state index contributed by atoms with van der Waals surface area (Å²) in [6.07, 6.45) is 6.11. The summed E-state index contributed by atoms with van der Waals surface area (Å²) in [4.78, 5) is 23.3. The summed E-state index contributed by atoms with van der Waals surface area (Å²) in [5.41, 5.74) is 0. The number of hydrogen-bond donors (Lipinski definition) is 0. The molecule has 17 heavy (non-hydrogen) atoms. The third-order valence-electron chi connectivity index (χ3n) is 3.45. The maximum atomic E-state index is 10.5. The number of nitrogens with zero attached hydrogens (tertiary/aromatic N) is 3. The molecular weight excluding hydrogens is 218 g/mol. The molecule has 1 aliphatic rings. The van der Waals surface area contributed by atoms with Crippen LogP contribution in [0.2, 0.25) is 0 Å². The molecule has 1 aliphatic carbocycles. The zero-order valence-corrected chi connectivity index (χ0v) is 10.8. The molecule has 2 unspecified atom stereocenters. The maximum Gasteiger partial charge on any atom is 0.102 e. The standard InChI is InChI=1S/C12H23N3O2/c1-10(13-16)8-15(9-11(2)14-17)12-6-4-3-5-7-12/h10-12H,3-9H2,1-2H3. The van der Waals surface area contributed by atoms with Crippen molar-refractivity contribution in [2.24, 2.45) is 10.4 Å². The first-order valence-corrected chi connectivity index (χ1v) is 6.56. The lowest BCUT2D eigenvalue weighted by atomic mass is 9.93. The molecule has 98 valence electrons. The molecule has 0 N–H and O–H groups in total. The molecule has 0 radical (unpaired) electrons. The first-order chi connectivity index (χ1) is 8.17. The van der Waals surface area contributed by atoms with Crippen molar-refractivity contribution < 1.29 is 0 Å². The van der Waals surface area contributed by atoms with Gasteiger partial charge in [-0.2, -0.15) is 9.81 Å².